The summed E-state index contributed by atoms with van der Waals surface area (Å²) < 4.78 is 0. The van der Waals surface area contributed by atoms with E-state index in [1.165, 1.54) is 4.90 Å². The van der Waals surface area contributed by atoms with Crippen LogP contribution in [-0.4, -0.2) is 34.3 Å². The zero-order valence-electron chi connectivity index (χ0n) is 11.9. The molecule has 0 aromatic carbocycles. The fraction of sp³-hybridized carbons (Fsp3) is 0.667. The van der Waals surface area contributed by atoms with Crippen molar-refractivity contribution in [2.45, 2.75) is 33.1 Å². The first kappa shape index (κ1) is 14.8. The molecule has 5 heteroatoms. The standard InChI is InChI=1S/C15H21NO4/c1-9(2)7-10(15(19)20)8-16-13(17)11-5-3-4-6-12(11)14(16)18/h3-4,9-12H,5-8H2,1-2H3,(H,19,20). The van der Waals surface area contributed by atoms with Gasteiger partial charge < -0.3 is 5.11 Å². The number of carboxylic acids is 1. The maximum absolute atomic E-state index is 12.3. The number of fused-ring (bicyclic) bond motifs is 1. The van der Waals surface area contributed by atoms with Gasteiger partial charge in [-0.2, -0.15) is 0 Å². The van der Waals surface area contributed by atoms with Crippen LogP contribution >= 0.6 is 0 Å². The molecule has 2 rings (SSSR count). The van der Waals surface area contributed by atoms with Gasteiger partial charge in [0.15, 0.2) is 0 Å². The molecule has 0 aromatic rings. The Morgan fingerprint density at radius 1 is 1.25 bits per heavy atom. The van der Waals surface area contributed by atoms with Gasteiger partial charge in [-0.1, -0.05) is 26.0 Å². The zero-order valence-corrected chi connectivity index (χ0v) is 11.9. The minimum absolute atomic E-state index is 0.0121. The molecule has 3 atom stereocenters. The van der Waals surface area contributed by atoms with Gasteiger partial charge >= 0.3 is 5.97 Å². The maximum atomic E-state index is 12.3. The van der Waals surface area contributed by atoms with Crippen LogP contribution in [0, 0.1) is 23.7 Å². The second-order valence-corrected chi connectivity index (χ2v) is 6.11. The molecular formula is C15H21NO4. The summed E-state index contributed by atoms with van der Waals surface area (Å²) in [7, 11) is 0. The molecule has 0 bridgehead atoms. The number of hydrogen-bond donors (Lipinski definition) is 1. The van der Waals surface area contributed by atoms with Crippen LogP contribution in [0.4, 0.5) is 0 Å². The average Bonchev–Trinajstić information content (AvgIpc) is 2.63. The second-order valence-electron chi connectivity index (χ2n) is 6.11. The highest BCUT2D eigenvalue weighted by molar-refractivity contribution is 6.05. The van der Waals surface area contributed by atoms with Gasteiger partial charge in [0.25, 0.3) is 0 Å². The van der Waals surface area contributed by atoms with E-state index in [9.17, 15) is 19.5 Å². The number of hydrogen-bond acceptors (Lipinski definition) is 3. The summed E-state index contributed by atoms with van der Waals surface area (Å²) in [5.41, 5.74) is 0. The summed E-state index contributed by atoms with van der Waals surface area (Å²) >= 11 is 0. The van der Waals surface area contributed by atoms with Gasteiger partial charge in [-0.3, -0.25) is 19.3 Å². The van der Waals surface area contributed by atoms with E-state index in [-0.39, 0.29) is 36.1 Å². The SMILES string of the molecule is CC(C)CC(CN1C(=O)C2CC=CCC2C1=O)C(=O)O. The van der Waals surface area contributed by atoms with Gasteiger partial charge in [-0.15, -0.1) is 0 Å². The molecule has 1 aliphatic carbocycles. The van der Waals surface area contributed by atoms with Crippen LogP contribution < -0.4 is 0 Å². The van der Waals surface area contributed by atoms with Crippen LogP contribution in [0.5, 0.6) is 0 Å². The minimum Gasteiger partial charge on any atom is -0.481 e. The molecule has 20 heavy (non-hydrogen) atoms. The number of aliphatic carboxylic acids is 1. The Labute approximate surface area is 118 Å². The van der Waals surface area contributed by atoms with Crippen LogP contribution in [0.1, 0.15) is 33.1 Å². The molecule has 110 valence electrons. The molecule has 1 aliphatic heterocycles. The van der Waals surface area contributed by atoms with Gasteiger partial charge in [0.05, 0.1) is 17.8 Å². The zero-order chi connectivity index (χ0) is 14.9. The van der Waals surface area contributed by atoms with Crippen molar-refractivity contribution in [3.05, 3.63) is 12.2 Å². The summed E-state index contributed by atoms with van der Waals surface area (Å²) in [4.78, 5) is 37.0. The summed E-state index contributed by atoms with van der Waals surface area (Å²) in [6, 6.07) is 0. The summed E-state index contributed by atoms with van der Waals surface area (Å²) in [5.74, 6) is -2.34. The fourth-order valence-electron chi connectivity index (χ4n) is 3.09. The van der Waals surface area contributed by atoms with Gasteiger partial charge in [0.2, 0.25) is 11.8 Å². The average molecular weight is 279 g/mol. The van der Waals surface area contributed by atoms with Crippen molar-refractivity contribution in [2.24, 2.45) is 23.7 Å². The van der Waals surface area contributed by atoms with Crippen molar-refractivity contribution in [1.29, 1.82) is 0 Å². The van der Waals surface area contributed by atoms with Crippen molar-refractivity contribution in [3.8, 4) is 0 Å². The quantitative estimate of drug-likeness (QED) is 0.614. The maximum Gasteiger partial charge on any atom is 0.308 e. The minimum atomic E-state index is -0.938. The molecule has 0 radical (unpaired) electrons. The van der Waals surface area contributed by atoms with E-state index < -0.39 is 11.9 Å². The first-order chi connectivity index (χ1) is 9.41. The van der Waals surface area contributed by atoms with Crippen molar-refractivity contribution in [3.63, 3.8) is 0 Å². The molecule has 3 unspecified atom stereocenters. The van der Waals surface area contributed by atoms with E-state index in [1.54, 1.807) is 0 Å². The highest BCUT2D eigenvalue weighted by atomic mass is 16.4. The first-order valence-electron chi connectivity index (χ1n) is 7.14. The van der Waals surface area contributed by atoms with Crippen LogP contribution in [-0.2, 0) is 14.4 Å². The number of nitrogens with zero attached hydrogens (tertiary/aromatic N) is 1. The lowest BCUT2D eigenvalue weighted by molar-refractivity contribution is -0.146. The van der Waals surface area contributed by atoms with Crippen molar-refractivity contribution in [2.75, 3.05) is 6.54 Å². The Morgan fingerprint density at radius 3 is 2.15 bits per heavy atom. The molecule has 5 nitrogen and oxygen atoms in total. The third-order valence-electron chi connectivity index (χ3n) is 4.11. The Morgan fingerprint density at radius 2 is 1.75 bits per heavy atom. The predicted octanol–water partition coefficient (Wildman–Crippen LogP) is 1.68. The summed E-state index contributed by atoms with van der Waals surface area (Å²) in [6.07, 6.45) is 5.51. The van der Waals surface area contributed by atoms with Crippen LogP contribution in [0.25, 0.3) is 0 Å². The van der Waals surface area contributed by atoms with Crippen molar-refractivity contribution < 1.29 is 19.5 Å². The molecule has 2 amide bonds. The molecule has 1 fully saturated rings. The van der Waals surface area contributed by atoms with E-state index in [1.807, 2.05) is 26.0 Å². The number of amides is 2. The van der Waals surface area contributed by atoms with Gasteiger partial charge in [0, 0.05) is 6.54 Å². The molecular weight excluding hydrogens is 258 g/mol. The third-order valence-corrected chi connectivity index (χ3v) is 4.11. The lowest BCUT2D eigenvalue weighted by atomic mass is 9.85. The number of carboxylic acid groups (broad SMARTS) is 1. The first-order valence-corrected chi connectivity index (χ1v) is 7.14. The monoisotopic (exact) mass is 279 g/mol. The Hall–Kier alpha value is -1.65. The lowest BCUT2D eigenvalue weighted by Crippen LogP contribution is -2.38. The summed E-state index contributed by atoms with van der Waals surface area (Å²) in [6.45, 7) is 3.89. The van der Waals surface area contributed by atoms with Crippen LogP contribution in [0.15, 0.2) is 12.2 Å². The summed E-state index contributed by atoms with van der Waals surface area (Å²) in [5, 5.41) is 9.25. The smallest absolute Gasteiger partial charge is 0.308 e. The Balaban J connectivity index is 2.10. The lowest BCUT2D eigenvalue weighted by Gasteiger charge is -2.21. The largest absolute Gasteiger partial charge is 0.481 e. The Bertz CT molecular complexity index is 429. The van der Waals surface area contributed by atoms with Crippen LogP contribution in [0.3, 0.4) is 0 Å². The van der Waals surface area contributed by atoms with Crippen molar-refractivity contribution >= 4 is 17.8 Å². The van der Waals surface area contributed by atoms with E-state index >= 15 is 0 Å². The fourth-order valence-corrected chi connectivity index (χ4v) is 3.09. The number of carbonyl (C=O) groups is 3. The number of imide groups is 1. The molecule has 1 heterocycles. The number of rotatable bonds is 5. The van der Waals surface area contributed by atoms with Gasteiger partial charge in [-0.05, 0) is 25.2 Å². The molecule has 2 aliphatic rings. The predicted molar refractivity (Wildman–Crippen MR) is 72.7 cm³/mol. The molecule has 0 spiro atoms. The highest BCUT2D eigenvalue weighted by Gasteiger charge is 2.48. The van der Waals surface area contributed by atoms with Gasteiger partial charge in [0.1, 0.15) is 0 Å². The molecule has 0 saturated carbocycles. The molecule has 0 aromatic heterocycles. The number of likely N-dealkylation sites (tertiary alicyclic amines) is 1. The van der Waals surface area contributed by atoms with E-state index in [0.29, 0.717) is 19.3 Å². The number of allylic oxidation sites excluding steroid dienone is 2. The van der Waals surface area contributed by atoms with Crippen LogP contribution in [0.2, 0.25) is 0 Å². The topological polar surface area (TPSA) is 74.7 Å². The van der Waals surface area contributed by atoms with E-state index in [0.717, 1.165) is 0 Å². The van der Waals surface area contributed by atoms with Crippen molar-refractivity contribution in [1.82, 2.24) is 4.90 Å². The van der Waals surface area contributed by atoms with E-state index in [2.05, 4.69) is 0 Å². The highest BCUT2D eigenvalue weighted by Crippen LogP contribution is 2.35. The number of carbonyl (C=O) groups excluding carboxylic acids is 2. The Kier molecular flexibility index (Phi) is 4.26. The molecule has 1 saturated heterocycles. The third kappa shape index (κ3) is 2.76. The molecule has 1 N–H and O–H groups in total. The van der Waals surface area contributed by atoms with Gasteiger partial charge in [-0.25, -0.2) is 0 Å². The van der Waals surface area contributed by atoms with E-state index in [4.69, 9.17) is 0 Å². The second kappa shape index (κ2) is 5.77. The normalized spacial score (nSPS) is 27.1.